The van der Waals surface area contributed by atoms with Crippen LogP contribution in [0.25, 0.3) is 0 Å². The first-order valence-corrected chi connectivity index (χ1v) is 9.83. The van der Waals surface area contributed by atoms with Crippen LogP contribution >= 0.6 is 0 Å². The van der Waals surface area contributed by atoms with E-state index in [4.69, 9.17) is 15.7 Å². The van der Waals surface area contributed by atoms with E-state index in [-0.39, 0.29) is 0 Å². The number of rotatable bonds is 5. The minimum atomic E-state index is 0.350. The van der Waals surface area contributed by atoms with Crippen molar-refractivity contribution in [3.8, 4) is 0 Å². The van der Waals surface area contributed by atoms with Gasteiger partial charge in [-0.05, 0) is 82.2 Å². The van der Waals surface area contributed by atoms with E-state index in [1.807, 2.05) is 12.4 Å². The Morgan fingerprint density at radius 1 is 0.923 bits per heavy atom. The SMILES string of the molecule is Cc1cnc([C@H]2CCC[C@@H](c3ncc(C)cc3C)N2CCCN)c(C)c1. The molecule has 2 atom stereocenters. The third-order valence-corrected chi connectivity index (χ3v) is 5.52. The first-order valence-electron chi connectivity index (χ1n) is 9.83. The van der Waals surface area contributed by atoms with Gasteiger partial charge in [0.1, 0.15) is 0 Å². The second-order valence-corrected chi connectivity index (χ2v) is 7.77. The Balaban J connectivity index is 1.98. The summed E-state index contributed by atoms with van der Waals surface area (Å²) in [5, 5.41) is 0. The number of aryl methyl sites for hydroxylation is 4. The maximum atomic E-state index is 5.86. The molecule has 1 aliphatic heterocycles. The van der Waals surface area contributed by atoms with Crippen LogP contribution in [-0.2, 0) is 0 Å². The van der Waals surface area contributed by atoms with Gasteiger partial charge in [0.05, 0.1) is 23.5 Å². The smallest absolute Gasteiger partial charge is 0.0604 e. The lowest BCUT2D eigenvalue weighted by molar-refractivity contribution is 0.0756. The highest BCUT2D eigenvalue weighted by Gasteiger charge is 2.34. The molecule has 2 aromatic rings. The number of likely N-dealkylation sites (tertiary alicyclic amines) is 1. The van der Waals surface area contributed by atoms with Crippen LogP contribution in [-0.4, -0.2) is 28.0 Å². The summed E-state index contributed by atoms with van der Waals surface area (Å²) >= 11 is 0. The number of pyridine rings is 2. The number of piperidine rings is 1. The van der Waals surface area contributed by atoms with Gasteiger partial charge >= 0.3 is 0 Å². The largest absolute Gasteiger partial charge is 0.330 e. The van der Waals surface area contributed by atoms with Crippen LogP contribution in [0.2, 0.25) is 0 Å². The van der Waals surface area contributed by atoms with Crippen molar-refractivity contribution in [2.24, 2.45) is 5.73 Å². The Morgan fingerprint density at radius 3 is 1.85 bits per heavy atom. The molecule has 0 unspecified atom stereocenters. The topological polar surface area (TPSA) is 55.0 Å². The predicted octanol–water partition coefficient (Wildman–Crippen LogP) is 4.33. The van der Waals surface area contributed by atoms with E-state index >= 15 is 0 Å². The van der Waals surface area contributed by atoms with E-state index in [0.29, 0.717) is 12.1 Å². The number of aromatic nitrogens is 2. The molecule has 3 heterocycles. The van der Waals surface area contributed by atoms with Gasteiger partial charge in [-0.1, -0.05) is 12.1 Å². The fourth-order valence-electron chi connectivity index (χ4n) is 4.38. The van der Waals surface area contributed by atoms with Crippen molar-refractivity contribution >= 4 is 0 Å². The molecule has 0 amide bonds. The van der Waals surface area contributed by atoms with Gasteiger partial charge in [0.25, 0.3) is 0 Å². The molecule has 26 heavy (non-hydrogen) atoms. The maximum Gasteiger partial charge on any atom is 0.0604 e. The predicted molar refractivity (Wildman–Crippen MR) is 107 cm³/mol. The van der Waals surface area contributed by atoms with Crippen LogP contribution in [0.3, 0.4) is 0 Å². The molecule has 2 aromatic heterocycles. The van der Waals surface area contributed by atoms with Gasteiger partial charge in [0.2, 0.25) is 0 Å². The lowest BCUT2D eigenvalue weighted by atomic mass is 9.88. The van der Waals surface area contributed by atoms with Gasteiger partial charge in [-0.15, -0.1) is 0 Å². The van der Waals surface area contributed by atoms with Gasteiger partial charge in [-0.25, -0.2) is 0 Å². The van der Waals surface area contributed by atoms with Gasteiger partial charge < -0.3 is 5.73 Å². The van der Waals surface area contributed by atoms with E-state index in [0.717, 1.165) is 32.4 Å². The number of nitrogens with zero attached hydrogens (tertiary/aromatic N) is 3. The molecule has 0 radical (unpaired) electrons. The Labute approximate surface area is 157 Å². The van der Waals surface area contributed by atoms with Crippen molar-refractivity contribution in [1.82, 2.24) is 14.9 Å². The molecule has 140 valence electrons. The highest BCUT2D eigenvalue weighted by Crippen LogP contribution is 2.42. The first kappa shape index (κ1) is 19.0. The van der Waals surface area contributed by atoms with Gasteiger partial charge in [0.15, 0.2) is 0 Å². The summed E-state index contributed by atoms with van der Waals surface area (Å²) in [6, 6.07) is 5.21. The Hall–Kier alpha value is -1.78. The van der Waals surface area contributed by atoms with E-state index in [1.54, 1.807) is 0 Å². The summed E-state index contributed by atoms with van der Waals surface area (Å²) in [5.41, 5.74) is 13.3. The summed E-state index contributed by atoms with van der Waals surface area (Å²) in [5.74, 6) is 0. The van der Waals surface area contributed by atoms with Crippen LogP contribution in [0, 0.1) is 27.7 Å². The van der Waals surface area contributed by atoms with E-state index in [1.165, 1.54) is 40.1 Å². The molecular weight excluding hydrogens is 320 g/mol. The van der Waals surface area contributed by atoms with Crippen molar-refractivity contribution in [2.75, 3.05) is 13.1 Å². The molecule has 0 spiro atoms. The van der Waals surface area contributed by atoms with Crippen LogP contribution in [0.5, 0.6) is 0 Å². The Morgan fingerprint density at radius 2 is 1.42 bits per heavy atom. The van der Waals surface area contributed by atoms with Crippen molar-refractivity contribution < 1.29 is 0 Å². The summed E-state index contributed by atoms with van der Waals surface area (Å²) in [7, 11) is 0. The third kappa shape index (κ3) is 3.97. The zero-order chi connectivity index (χ0) is 18.7. The fraction of sp³-hybridized carbons (Fsp3) is 0.545. The van der Waals surface area contributed by atoms with E-state index in [9.17, 15) is 0 Å². The van der Waals surface area contributed by atoms with Crippen molar-refractivity contribution in [3.05, 3.63) is 58.2 Å². The van der Waals surface area contributed by atoms with Crippen LogP contribution in [0.1, 0.15) is 71.4 Å². The maximum absolute atomic E-state index is 5.86. The second-order valence-electron chi connectivity index (χ2n) is 7.77. The van der Waals surface area contributed by atoms with E-state index in [2.05, 4.69) is 44.7 Å². The molecule has 4 heteroatoms. The van der Waals surface area contributed by atoms with Gasteiger partial charge in [0, 0.05) is 18.9 Å². The summed E-state index contributed by atoms with van der Waals surface area (Å²) < 4.78 is 0. The number of hydrogen-bond donors (Lipinski definition) is 1. The van der Waals surface area contributed by atoms with Crippen LogP contribution in [0.15, 0.2) is 24.5 Å². The van der Waals surface area contributed by atoms with Crippen molar-refractivity contribution in [1.29, 1.82) is 0 Å². The second kappa shape index (κ2) is 8.28. The molecule has 0 aromatic carbocycles. The van der Waals surface area contributed by atoms with E-state index < -0.39 is 0 Å². The summed E-state index contributed by atoms with van der Waals surface area (Å²) in [6.07, 6.45) is 8.53. The highest BCUT2D eigenvalue weighted by molar-refractivity contribution is 5.29. The van der Waals surface area contributed by atoms with Crippen LogP contribution < -0.4 is 5.73 Å². The lowest BCUT2D eigenvalue weighted by Gasteiger charge is -2.42. The average Bonchev–Trinajstić information content (AvgIpc) is 2.60. The Bertz CT molecular complexity index is 696. The zero-order valence-electron chi connectivity index (χ0n) is 16.6. The van der Waals surface area contributed by atoms with Gasteiger partial charge in [-0.3, -0.25) is 14.9 Å². The summed E-state index contributed by atoms with van der Waals surface area (Å²) in [4.78, 5) is 12.3. The first-order chi connectivity index (χ1) is 12.5. The summed E-state index contributed by atoms with van der Waals surface area (Å²) in [6.45, 7) is 10.3. The fourth-order valence-corrected chi connectivity index (χ4v) is 4.38. The molecule has 1 fully saturated rings. The minimum absolute atomic E-state index is 0.350. The molecule has 4 nitrogen and oxygen atoms in total. The molecular formula is C22H32N4. The standard InChI is InChI=1S/C22H32N4/c1-15-11-17(3)21(24-13-15)19-7-5-8-20(26(19)10-6-9-23)22-18(4)12-16(2)14-25-22/h11-14,19-20H,5-10,23H2,1-4H3/t19-,20+. The molecule has 2 N–H and O–H groups in total. The van der Waals surface area contributed by atoms with Crippen molar-refractivity contribution in [3.63, 3.8) is 0 Å². The number of nitrogens with two attached hydrogens (primary N) is 1. The zero-order valence-corrected chi connectivity index (χ0v) is 16.6. The normalized spacial score (nSPS) is 21.1. The van der Waals surface area contributed by atoms with Crippen LogP contribution in [0.4, 0.5) is 0 Å². The molecule has 3 rings (SSSR count). The van der Waals surface area contributed by atoms with Crippen molar-refractivity contribution in [2.45, 2.75) is 65.5 Å². The third-order valence-electron chi connectivity index (χ3n) is 5.52. The molecule has 0 aliphatic carbocycles. The minimum Gasteiger partial charge on any atom is -0.330 e. The molecule has 0 bridgehead atoms. The highest BCUT2D eigenvalue weighted by atomic mass is 15.2. The molecule has 1 saturated heterocycles. The molecule has 1 aliphatic rings. The van der Waals surface area contributed by atoms with Gasteiger partial charge in [-0.2, -0.15) is 0 Å². The molecule has 0 saturated carbocycles. The lowest BCUT2D eigenvalue weighted by Crippen LogP contribution is -2.39. The monoisotopic (exact) mass is 352 g/mol. The Kier molecular flexibility index (Phi) is 6.05. The number of hydrogen-bond acceptors (Lipinski definition) is 4. The average molecular weight is 353 g/mol. The quantitative estimate of drug-likeness (QED) is 0.870.